The normalized spacial score (nSPS) is 17.3. The van der Waals surface area contributed by atoms with Crippen molar-refractivity contribution in [1.82, 2.24) is 19.6 Å². The van der Waals surface area contributed by atoms with Crippen LogP contribution in [0.15, 0.2) is 46.9 Å². The number of likely N-dealkylation sites (tertiary alicyclic amines) is 1. The lowest BCUT2D eigenvalue weighted by atomic mass is 10.2. The minimum Gasteiger partial charge on any atom is -0.356 e. The molecule has 5 rings (SSSR count). The molecule has 0 bridgehead atoms. The van der Waals surface area contributed by atoms with Crippen molar-refractivity contribution in [3.63, 3.8) is 0 Å². The van der Waals surface area contributed by atoms with Gasteiger partial charge in [-0.15, -0.1) is 11.3 Å². The van der Waals surface area contributed by atoms with Crippen LogP contribution in [0.1, 0.15) is 17.7 Å². The quantitative estimate of drug-likeness (QED) is 0.459. The molecule has 1 saturated heterocycles. The maximum absolute atomic E-state index is 13.1. The summed E-state index contributed by atoms with van der Waals surface area (Å²) in [5, 5.41) is 2.39. The van der Waals surface area contributed by atoms with Crippen LogP contribution in [-0.4, -0.2) is 41.8 Å². The number of H-pyrrole nitrogens is 1. The fourth-order valence-corrected chi connectivity index (χ4v) is 7.15. The van der Waals surface area contributed by atoms with Gasteiger partial charge in [-0.2, -0.15) is 4.72 Å². The number of thiophene rings is 1. The zero-order valence-electron chi connectivity index (χ0n) is 16.6. The second-order valence-corrected chi connectivity index (χ2v) is 11.0. The second kappa shape index (κ2) is 7.59. The molecule has 10 heteroatoms. The van der Waals surface area contributed by atoms with Gasteiger partial charge in [0.15, 0.2) is 0 Å². The number of nitrogens with one attached hydrogen (secondary N) is 2. The molecule has 160 valence electrons. The summed E-state index contributed by atoms with van der Waals surface area (Å²) >= 11 is 7.25. The number of rotatable bonds is 5. The molecule has 0 spiro atoms. The standard InChI is InChI=1S/C21H19ClN4O3S2/c1-12-16-9-14(22)2-3-19(16)30-21(12)31(28,29)25-17-5-7-26(20(17)27)11-15-8-13-4-6-23-10-18(13)24-15/h2-4,6,8-10,17,24-25H,5,7,11H2,1H3/t17-/m0/s1. The SMILES string of the molecule is Cc1c(S(=O)(=O)N[C@H]2CCN(Cc3cc4ccncc4[nH]3)C2=O)sc2ccc(Cl)cc12. The monoisotopic (exact) mass is 474 g/mol. The summed E-state index contributed by atoms with van der Waals surface area (Å²) < 4.78 is 29.8. The van der Waals surface area contributed by atoms with Gasteiger partial charge in [-0.1, -0.05) is 11.6 Å². The molecule has 1 amide bonds. The molecule has 2 N–H and O–H groups in total. The van der Waals surface area contributed by atoms with Gasteiger partial charge in [0.25, 0.3) is 10.0 Å². The molecule has 4 heterocycles. The number of nitrogens with zero attached hydrogens (tertiary/aromatic N) is 2. The lowest BCUT2D eigenvalue weighted by Gasteiger charge is -2.16. The number of aromatic amines is 1. The zero-order chi connectivity index (χ0) is 21.8. The maximum Gasteiger partial charge on any atom is 0.251 e. The molecule has 0 aliphatic carbocycles. The van der Waals surface area contributed by atoms with Crippen LogP contribution in [0.4, 0.5) is 0 Å². The van der Waals surface area contributed by atoms with E-state index < -0.39 is 16.1 Å². The van der Waals surface area contributed by atoms with E-state index in [1.807, 2.05) is 18.2 Å². The van der Waals surface area contributed by atoms with Gasteiger partial charge < -0.3 is 9.88 Å². The Balaban J connectivity index is 1.34. The summed E-state index contributed by atoms with van der Waals surface area (Å²) in [6, 6.07) is 8.42. The number of hydrogen-bond acceptors (Lipinski definition) is 5. The van der Waals surface area contributed by atoms with E-state index in [1.165, 1.54) is 11.3 Å². The molecule has 1 atom stereocenters. The first-order chi connectivity index (χ1) is 14.8. The van der Waals surface area contributed by atoms with Crippen molar-refractivity contribution in [1.29, 1.82) is 0 Å². The van der Waals surface area contributed by atoms with Crippen LogP contribution in [0.2, 0.25) is 5.02 Å². The smallest absolute Gasteiger partial charge is 0.251 e. The summed E-state index contributed by atoms with van der Waals surface area (Å²) in [4.78, 5) is 21.9. The summed E-state index contributed by atoms with van der Waals surface area (Å²) in [5.41, 5.74) is 2.43. The molecule has 1 fully saturated rings. The Kier molecular flexibility index (Phi) is 5.01. The molecule has 0 unspecified atom stereocenters. The van der Waals surface area contributed by atoms with Gasteiger partial charge in [0, 0.05) is 33.5 Å². The number of halogens is 1. The summed E-state index contributed by atoms with van der Waals surface area (Å²) in [5.74, 6) is -0.220. The van der Waals surface area contributed by atoms with E-state index in [4.69, 9.17) is 11.6 Å². The van der Waals surface area contributed by atoms with E-state index in [9.17, 15) is 13.2 Å². The first kappa shape index (κ1) is 20.4. The van der Waals surface area contributed by atoms with E-state index in [1.54, 1.807) is 36.4 Å². The third-order valence-electron chi connectivity index (χ3n) is 5.53. The third-order valence-corrected chi connectivity index (χ3v) is 9.13. The fourth-order valence-electron chi connectivity index (χ4n) is 4.00. The Morgan fingerprint density at radius 2 is 2.16 bits per heavy atom. The number of pyridine rings is 1. The highest BCUT2D eigenvalue weighted by Crippen LogP contribution is 2.35. The molecule has 4 aromatic rings. The average molecular weight is 475 g/mol. The highest BCUT2D eigenvalue weighted by Gasteiger charge is 2.36. The van der Waals surface area contributed by atoms with Gasteiger partial charge in [0.05, 0.1) is 18.3 Å². The van der Waals surface area contributed by atoms with Gasteiger partial charge in [-0.25, -0.2) is 8.42 Å². The van der Waals surface area contributed by atoms with E-state index in [2.05, 4.69) is 14.7 Å². The predicted octanol–water partition coefficient (Wildman–Crippen LogP) is 3.82. The number of aryl methyl sites for hydroxylation is 1. The molecule has 7 nitrogen and oxygen atoms in total. The van der Waals surface area contributed by atoms with E-state index in [-0.39, 0.29) is 10.1 Å². The molecule has 1 aliphatic heterocycles. The zero-order valence-corrected chi connectivity index (χ0v) is 18.9. The van der Waals surface area contributed by atoms with Crippen molar-refractivity contribution in [3.05, 3.63) is 59.0 Å². The number of aromatic nitrogens is 2. The van der Waals surface area contributed by atoms with Crippen LogP contribution < -0.4 is 4.72 Å². The van der Waals surface area contributed by atoms with Gasteiger partial charge in [0.2, 0.25) is 5.91 Å². The highest BCUT2D eigenvalue weighted by molar-refractivity contribution is 7.91. The minimum absolute atomic E-state index is 0.220. The first-order valence-corrected chi connectivity index (χ1v) is 12.4. The molecule has 0 radical (unpaired) electrons. The van der Waals surface area contributed by atoms with Crippen molar-refractivity contribution in [3.8, 4) is 0 Å². The van der Waals surface area contributed by atoms with Crippen LogP contribution >= 0.6 is 22.9 Å². The third kappa shape index (κ3) is 3.71. The highest BCUT2D eigenvalue weighted by atomic mass is 35.5. The van der Waals surface area contributed by atoms with Crippen LogP contribution in [0.25, 0.3) is 21.0 Å². The number of carbonyl (C=O) groups excluding carboxylic acids is 1. The van der Waals surface area contributed by atoms with Crippen LogP contribution in [0, 0.1) is 6.92 Å². The van der Waals surface area contributed by atoms with E-state index in [0.29, 0.717) is 30.1 Å². The van der Waals surface area contributed by atoms with E-state index in [0.717, 1.165) is 26.7 Å². The lowest BCUT2D eigenvalue weighted by Crippen LogP contribution is -2.41. The van der Waals surface area contributed by atoms with Crippen LogP contribution in [0.3, 0.4) is 0 Å². The molecule has 1 aliphatic rings. The average Bonchev–Trinajstić information content (AvgIpc) is 3.39. The molecular formula is C21H19ClN4O3S2. The number of fused-ring (bicyclic) bond motifs is 2. The maximum atomic E-state index is 13.1. The largest absolute Gasteiger partial charge is 0.356 e. The van der Waals surface area contributed by atoms with Gasteiger partial charge >= 0.3 is 0 Å². The second-order valence-electron chi connectivity index (χ2n) is 7.63. The summed E-state index contributed by atoms with van der Waals surface area (Å²) in [7, 11) is -3.84. The van der Waals surface area contributed by atoms with Gasteiger partial charge in [-0.05, 0) is 54.6 Å². The van der Waals surface area contributed by atoms with Crippen molar-refractivity contribution < 1.29 is 13.2 Å². The number of sulfonamides is 1. The Morgan fingerprint density at radius 3 is 2.97 bits per heavy atom. The number of carbonyl (C=O) groups is 1. The van der Waals surface area contributed by atoms with Crippen LogP contribution in [0.5, 0.6) is 0 Å². The molecule has 31 heavy (non-hydrogen) atoms. The fraction of sp³-hybridized carbons (Fsp3) is 0.238. The molecular weight excluding hydrogens is 456 g/mol. The lowest BCUT2D eigenvalue weighted by molar-refractivity contribution is -0.129. The Hall–Kier alpha value is -2.46. The summed E-state index contributed by atoms with van der Waals surface area (Å²) in [6.45, 7) is 2.64. The van der Waals surface area contributed by atoms with Gasteiger partial charge in [-0.3, -0.25) is 9.78 Å². The summed E-state index contributed by atoms with van der Waals surface area (Å²) in [6.07, 6.45) is 3.88. The molecule has 3 aromatic heterocycles. The number of hydrogen-bond donors (Lipinski definition) is 2. The van der Waals surface area contributed by atoms with Crippen molar-refractivity contribution in [2.75, 3.05) is 6.54 Å². The molecule has 0 saturated carbocycles. The Labute approximate surface area is 188 Å². The minimum atomic E-state index is -3.84. The predicted molar refractivity (Wildman–Crippen MR) is 122 cm³/mol. The number of amides is 1. The topological polar surface area (TPSA) is 95.2 Å². The van der Waals surface area contributed by atoms with Crippen LogP contribution in [-0.2, 0) is 21.4 Å². The van der Waals surface area contributed by atoms with Crippen molar-refractivity contribution >= 4 is 59.9 Å². The first-order valence-electron chi connectivity index (χ1n) is 9.73. The molecule has 1 aromatic carbocycles. The van der Waals surface area contributed by atoms with Crippen molar-refractivity contribution in [2.24, 2.45) is 0 Å². The van der Waals surface area contributed by atoms with Gasteiger partial charge in [0.1, 0.15) is 10.3 Å². The number of benzene rings is 1. The van der Waals surface area contributed by atoms with Crippen molar-refractivity contribution in [2.45, 2.75) is 30.1 Å². The Morgan fingerprint density at radius 1 is 1.32 bits per heavy atom. The Bertz CT molecular complexity index is 1390. The van der Waals surface area contributed by atoms with E-state index >= 15 is 0 Å².